The van der Waals surface area contributed by atoms with Crippen molar-refractivity contribution in [1.82, 2.24) is 35.6 Å². The lowest BCUT2D eigenvalue weighted by Gasteiger charge is -2.40. The Bertz CT molecular complexity index is 2220. The van der Waals surface area contributed by atoms with Crippen molar-refractivity contribution in [2.24, 2.45) is 0 Å². The molecule has 63 heavy (non-hydrogen) atoms. The van der Waals surface area contributed by atoms with Gasteiger partial charge in [0.2, 0.25) is 29.5 Å². The number of hydrogen-bond donors (Lipinski definition) is 4. The Labute approximate surface area is 365 Å². The number of esters is 1. The highest BCUT2D eigenvalue weighted by Crippen LogP contribution is 2.27. The molecule has 0 spiro atoms. The number of rotatable bonds is 7. The van der Waals surface area contributed by atoms with Crippen LogP contribution in [0.15, 0.2) is 72.9 Å². The number of Topliss-reactive ketones (excluding diaryl/α,β-unsaturated/α-hetero) is 1. The van der Waals surface area contributed by atoms with Gasteiger partial charge in [0.25, 0.3) is 5.91 Å². The van der Waals surface area contributed by atoms with E-state index in [-0.39, 0.29) is 56.5 Å². The number of likely N-dealkylation sites (N-methyl/N-ethyl adjacent to an activating group) is 1. The molecule has 18 heteroatoms. The average Bonchev–Trinajstić information content (AvgIpc) is 3.77. The van der Waals surface area contributed by atoms with Gasteiger partial charge in [0.15, 0.2) is 11.7 Å². The molecule has 6 amide bonds. The van der Waals surface area contributed by atoms with Crippen LogP contribution in [0.1, 0.15) is 73.6 Å². The Kier molecular flexibility index (Phi) is 14.4. The highest BCUT2D eigenvalue weighted by Gasteiger charge is 2.45. The molecule has 2 aromatic carbocycles. The van der Waals surface area contributed by atoms with E-state index in [0.29, 0.717) is 12.0 Å². The smallest absolute Gasteiger partial charge is 0.333 e. The van der Waals surface area contributed by atoms with Crippen molar-refractivity contribution in [3.8, 4) is 5.75 Å². The molecule has 0 radical (unpaired) electrons. The van der Waals surface area contributed by atoms with Gasteiger partial charge in [-0.2, -0.15) is 0 Å². The van der Waals surface area contributed by atoms with E-state index in [1.165, 1.54) is 47.0 Å². The van der Waals surface area contributed by atoms with E-state index in [1.54, 1.807) is 37.3 Å². The lowest BCUT2D eigenvalue weighted by atomic mass is 9.95. The molecule has 0 saturated carbocycles. The second kappa shape index (κ2) is 19.9. The fourth-order valence-corrected chi connectivity index (χ4v) is 8.20. The van der Waals surface area contributed by atoms with Gasteiger partial charge in [-0.25, -0.2) is 9.78 Å². The monoisotopic (exact) mass is 866 g/mol. The molecule has 3 aliphatic rings. The van der Waals surface area contributed by atoms with Gasteiger partial charge in [0, 0.05) is 65.4 Å². The van der Waals surface area contributed by atoms with Crippen LogP contribution in [0.25, 0.3) is 0 Å². The third kappa shape index (κ3) is 10.3. The minimum atomic E-state index is -1.68. The van der Waals surface area contributed by atoms with Crippen molar-refractivity contribution in [2.45, 2.75) is 94.7 Å². The average molecular weight is 867 g/mol. The van der Waals surface area contributed by atoms with Crippen LogP contribution >= 0.6 is 0 Å². The lowest BCUT2D eigenvalue weighted by Crippen LogP contribution is -2.61. The number of nitrogens with one attached hydrogen (secondary N) is 3. The summed E-state index contributed by atoms with van der Waals surface area (Å²) in [5, 5.41) is 18.2. The number of hydrogen-bond acceptors (Lipinski definition) is 12. The van der Waals surface area contributed by atoms with Crippen LogP contribution < -0.4 is 20.9 Å². The number of amides is 6. The zero-order valence-corrected chi connectivity index (χ0v) is 36.0. The molecule has 1 aromatic heterocycles. The Morgan fingerprint density at radius 2 is 1.57 bits per heavy atom. The molecular formula is C45H54N8O10. The van der Waals surface area contributed by atoms with Crippen LogP contribution in [0, 0.1) is 0 Å². The number of carbonyl (C=O) groups is 8. The molecular weight excluding hydrogens is 813 g/mol. The second-order valence-corrected chi connectivity index (χ2v) is 16.2. The lowest BCUT2D eigenvalue weighted by molar-refractivity contribution is -0.156. The van der Waals surface area contributed by atoms with Gasteiger partial charge in [0.05, 0.1) is 0 Å². The highest BCUT2D eigenvalue weighted by atomic mass is 16.5. The van der Waals surface area contributed by atoms with E-state index >= 15 is 0 Å². The molecule has 4 N–H and O–H groups in total. The molecule has 4 heterocycles. The van der Waals surface area contributed by atoms with Crippen molar-refractivity contribution in [2.75, 3.05) is 39.1 Å². The summed E-state index contributed by atoms with van der Waals surface area (Å²) in [6.07, 6.45) is 0.175. The molecule has 3 aliphatic heterocycles. The maximum Gasteiger partial charge on any atom is 0.333 e. The Morgan fingerprint density at radius 3 is 2.24 bits per heavy atom. The Balaban J connectivity index is 1.44. The summed E-state index contributed by atoms with van der Waals surface area (Å²) in [4.78, 5) is 123. The zero-order chi connectivity index (χ0) is 45.5. The Hall–Kier alpha value is -6.85. The van der Waals surface area contributed by atoms with Crippen molar-refractivity contribution in [3.63, 3.8) is 0 Å². The van der Waals surface area contributed by atoms with Gasteiger partial charge in [-0.3, -0.25) is 33.6 Å². The molecule has 3 fully saturated rings. The van der Waals surface area contributed by atoms with Gasteiger partial charge in [-0.05, 0) is 61.6 Å². The van der Waals surface area contributed by atoms with Gasteiger partial charge >= 0.3 is 5.97 Å². The van der Waals surface area contributed by atoms with Crippen molar-refractivity contribution in [1.29, 1.82) is 0 Å². The molecule has 18 nitrogen and oxygen atoms in total. The van der Waals surface area contributed by atoms with Crippen LogP contribution in [0.5, 0.6) is 5.75 Å². The summed E-state index contributed by atoms with van der Waals surface area (Å²) in [5.41, 5.74) is 1.45. The zero-order valence-electron chi connectivity index (χ0n) is 36.0. The normalized spacial score (nSPS) is 25.4. The topological polar surface area (TPSA) is 228 Å². The largest absolute Gasteiger partial charge is 0.505 e. The Morgan fingerprint density at radius 1 is 0.873 bits per heavy atom. The summed E-state index contributed by atoms with van der Waals surface area (Å²) in [5.74, 6) is -6.33. The highest BCUT2D eigenvalue weighted by molar-refractivity contribution is 6.01. The first kappa shape index (κ1) is 45.7. The fourth-order valence-electron chi connectivity index (χ4n) is 8.20. The molecule has 3 aromatic rings. The summed E-state index contributed by atoms with van der Waals surface area (Å²) in [6.45, 7) is 3.02. The third-order valence-electron chi connectivity index (χ3n) is 11.8. The number of carbonyl (C=O) groups excluding carboxylic acids is 8. The number of ether oxygens (including phenoxy) is 1. The maximum atomic E-state index is 15.0. The minimum absolute atomic E-state index is 0.0299. The first-order valence-electron chi connectivity index (χ1n) is 21.1. The predicted molar refractivity (Wildman–Crippen MR) is 228 cm³/mol. The van der Waals surface area contributed by atoms with Crippen LogP contribution in [0.3, 0.4) is 0 Å². The van der Waals surface area contributed by atoms with Gasteiger partial charge in [-0.1, -0.05) is 49.4 Å². The fraction of sp³-hybridized carbons (Fsp3) is 0.444. The number of aromatic hydroxyl groups is 1. The predicted octanol–water partition coefficient (Wildman–Crippen LogP) is 1.27. The van der Waals surface area contributed by atoms with E-state index in [2.05, 4.69) is 20.9 Å². The molecule has 6 unspecified atom stereocenters. The van der Waals surface area contributed by atoms with Gasteiger partial charge in [0.1, 0.15) is 47.8 Å². The number of fused-ring (bicyclic) bond motifs is 2. The first-order chi connectivity index (χ1) is 30.1. The van der Waals surface area contributed by atoms with E-state index in [0.717, 1.165) is 5.69 Å². The minimum Gasteiger partial charge on any atom is -0.505 e. The molecule has 0 aliphatic carbocycles. The number of pyridine rings is 1. The van der Waals surface area contributed by atoms with E-state index in [9.17, 15) is 43.5 Å². The molecule has 334 valence electrons. The van der Waals surface area contributed by atoms with E-state index in [1.807, 2.05) is 43.3 Å². The second-order valence-electron chi connectivity index (χ2n) is 16.2. The number of cyclic esters (lactones) is 1. The van der Waals surface area contributed by atoms with Crippen LogP contribution in [0.4, 0.5) is 5.69 Å². The van der Waals surface area contributed by atoms with Crippen LogP contribution in [0.2, 0.25) is 0 Å². The third-order valence-corrected chi connectivity index (χ3v) is 11.8. The summed E-state index contributed by atoms with van der Waals surface area (Å²) in [6, 6.07) is 10.1. The number of nitrogens with zero attached hydrogens (tertiary/aromatic N) is 5. The number of ketones is 1. The quantitative estimate of drug-likeness (QED) is 0.247. The SMILES string of the molecule is CCC1NC(=O)C(NC(=O)c2ncccc2O)C(C)OC(=O)C(c2ccccc2)NC(=O)C2CC(=O)CCN2C(=O)[C@H](Cc2ccc(N(C)C)cc2)N(C)C(=O)C2CCCN2C1=O. The summed E-state index contributed by atoms with van der Waals surface area (Å²) >= 11 is 0. The van der Waals surface area contributed by atoms with Gasteiger partial charge in [-0.15, -0.1) is 0 Å². The summed E-state index contributed by atoms with van der Waals surface area (Å²) < 4.78 is 5.85. The van der Waals surface area contributed by atoms with E-state index in [4.69, 9.17) is 4.74 Å². The molecule has 0 bridgehead atoms. The molecule has 7 atom stereocenters. The van der Waals surface area contributed by atoms with Crippen LogP contribution in [-0.2, 0) is 44.7 Å². The van der Waals surface area contributed by atoms with Gasteiger partial charge < -0.3 is 45.4 Å². The molecule has 6 rings (SSSR count). The standard InChI is InChI=1S/C45H54N8O10/c1-6-31-42(59)52-22-11-14-32(52)43(60)51(5)34(24-27-16-18-29(19-17-27)50(3)4)44(61)53-23-20-30(54)25-33(53)39(56)49-37(28-12-8-7-9-13-28)45(62)63-26(2)36(40(57)47-31)48-41(58)38-35(55)15-10-21-46-38/h7-10,12-13,15-19,21,26,31-34,36-37,55H,6,11,14,20,22-25H2,1-5H3,(H,47,57)(H,48,58)(H,49,56)/t26?,31?,32?,33?,34-,36?,37?/m0/s1. The maximum absolute atomic E-state index is 15.0. The van der Waals surface area contributed by atoms with Crippen molar-refractivity contribution < 1.29 is 48.2 Å². The van der Waals surface area contributed by atoms with Crippen LogP contribution in [-0.4, -0.2) is 143 Å². The number of benzene rings is 2. The number of anilines is 1. The number of aromatic nitrogens is 1. The molecule has 3 saturated heterocycles. The van der Waals surface area contributed by atoms with Crippen molar-refractivity contribution >= 4 is 52.9 Å². The first-order valence-corrected chi connectivity index (χ1v) is 21.1. The summed E-state index contributed by atoms with van der Waals surface area (Å²) in [7, 11) is 5.25. The number of piperidine rings is 1. The van der Waals surface area contributed by atoms with E-state index < -0.39 is 95.2 Å². The van der Waals surface area contributed by atoms with Crippen molar-refractivity contribution in [3.05, 3.63) is 89.7 Å².